The minimum Gasteiger partial charge on any atom is -0.504 e. The number of hydrogen-bond donors (Lipinski definition) is 2. The van der Waals surface area contributed by atoms with Gasteiger partial charge in [0.25, 0.3) is 0 Å². The fraction of sp³-hybridized carbons (Fsp3) is 0.0952. The van der Waals surface area contributed by atoms with Crippen LogP contribution in [-0.4, -0.2) is 21.8 Å². The Morgan fingerprint density at radius 2 is 1.77 bits per heavy atom. The minimum atomic E-state index is 0.00726. The third kappa shape index (κ3) is 1.82. The summed E-state index contributed by atoms with van der Waals surface area (Å²) in [6, 6.07) is 12.7. The summed E-state index contributed by atoms with van der Waals surface area (Å²) in [6.07, 6.45) is 1.89. The second-order valence-corrected chi connectivity index (χ2v) is 6.53. The van der Waals surface area contributed by atoms with Gasteiger partial charge in [0, 0.05) is 34.8 Å². The summed E-state index contributed by atoms with van der Waals surface area (Å²) in [7, 11) is 3.56. The Bertz CT molecular complexity index is 1410. The van der Waals surface area contributed by atoms with Gasteiger partial charge in [-0.25, -0.2) is 0 Å². The van der Waals surface area contributed by atoms with Crippen LogP contribution in [0.25, 0.3) is 43.5 Å². The van der Waals surface area contributed by atoms with E-state index in [-0.39, 0.29) is 11.2 Å². The van der Waals surface area contributed by atoms with Gasteiger partial charge >= 0.3 is 0 Å². The van der Waals surface area contributed by atoms with Gasteiger partial charge < -0.3 is 19.4 Å². The van der Waals surface area contributed by atoms with E-state index in [4.69, 9.17) is 4.74 Å². The number of aryl methyl sites for hydroxylation is 1. The van der Waals surface area contributed by atoms with Gasteiger partial charge in [0.05, 0.1) is 23.7 Å². The van der Waals surface area contributed by atoms with Crippen LogP contribution in [0.2, 0.25) is 0 Å². The number of benzene rings is 3. The van der Waals surface area contributed by atoms with E-state index in [9.17, 15) is 9.90 Å². The molecule has 0 amide bonds. The number of hydrogen-bond acceptors (Lipinski definition) is 3. The number of pyridine rings is 1. The molecule has 2 N–H and O–H groups in total. The summed E-state index contributed by atoms with van der Waals surface area (Å²) in [5, 5.41) is 15.0. The summed E-state index contributed by atoms with van der Waals surface area (Å²) in [5.74, 6) is 0.552. The first-order valence-electron chi connectivity index (χ1n) is 8.32. The normalized spacial score (nSPS) is 11.8. The van der Waals surface area contributed by atoms with Crippen molar-refractivity contribution in [3.8, 4) is 11.5 Å². The molecule has 0 atom stereocenters. The van der Waals surface area contributed by atoms with Gasteiger partial charge in [-0.15, -0.1) is 0 Å². The van der Waals surface area contributed by atoms with Crippen LogP contribution < -0.4 is 10.2 Å². The van der Waals surface area contributed by atoms with Crippen molar-refractivity contribution in [2.75, 3.05) is 7.11 Å². The van der Waals surface area contributed by atoms with Crippen molar-refractivity contribution < 1.29 is 9.84 Å². The molecule has 2 aromatic heterocycles. The first-order chi connectivity index (χ1) is 12.6. The number of nitrogens with one attached hydrogen (secondary N) is 1. The molecular weight excluding hydrogens is 328 g/mol. The highest BCUT2D eigenvalue weighted by atomic mass is 16.5. The molecule has 5 nitrogen and oxygen atoms in total. The zero-order valence-corrected chi connectivity index (χ0v) is 14.3. The first kappa shape index (κ1) is 14.8. The Balaban J connectivity index is 2.05. The number of phenols is 1. The number of aromatic amines is 1. The van der Waals surface area contributed by atoms with Crippen molar-refractivity contribution in [3.05, 3.63) is 58.9 Å². The average Bonchev–Trinajstić information content (AvgIpc) is 2.93. The molecule has 0 radical (unpaired) electrons. The van der Waals surface area contributed by atoms with E-state index >= 15 is 0 Å². The van der Waals surface area contributed by atoms with Crippen LogP contribution in [-0.2, 0) is 7.05 Å². The molecule has 0 aliphatic rings. The molecule has 0 aliphatic heterocycles. The molecule has 0 bridgehead atoms. The van der Waals surface area contributed by atoms with Gasteiger partial charge in [-0.05, 0) is 35.7 Å². The topological polar surface area (TPSA) is 67.2 Å². The highest BCUT2D eigenvalue weighted by Gasteiger charge is 2.16. The highest BCUT2D eigenvalue weighted by Crippen LogP contribution is 2.38. The summed E-state index contributed by atoms with van der Waals surface area (Å²) in [6.45, 7) is 0. The Morgan fingerprint density at radius 3 is 2.58 bits per heavy atom. The monoisotopic (exact) mass is 344 g/mol. The van der Waals surface area contributed by atoms with E-state index < -0.39 is 0 Å². The zero-order valence-electron chi connectivity index (χ0n) is 14.3. The number of aromatic hydroxyl groups is 1. The molecule has 2 heterocycles. The second kappa shape index (κ2) is 5.02. The fourth-order valence-corrected chi connectivity index (χ4v) is 3.95. The maximum absolute atomic E-state index is 11.7. The number of ether oxygens (including phenoxy) is 1. The SMILES string of the molecule is COc1cc2c(c[nH]c3c4ccc5cc(=O)ccc5c4n(C)c23)cc1O. The van der Waals surface area contributed by atoms with Gasteiger partial charge in [-0.1, -0.05) is 12.1 Å². The maximum atomic E-state index is 11.7. The zero-order chi connectivity index (χ0) is 18.0. The maximum Gasteiger partial charge on any atom is 0.179 e. The standard InChI is InChI=1S/C21H16N2O3/c1-23-20-14-6-4-13(24)7-11(14)3-5-15(20)19-21(23)16-9-18(26-2)17(25)8-12(16)10-22-19/h3-10,22,25H,1-2H3. The van der Waals surface area contributed by atoms with Crippen molar-refractivity contribution in [3.63, 3.8) is 0 Å². The van der Waals surface area contributed by atoms with Crippen molar-refractivity contribution in [1.29, 1.82) is 0 Å². The number of phenolic OH excluding ortho intramolecular Hbond substituents is 1. The van der Waals surface area contributed by atoms with E-state index in [0.29, 0.717) is 5.75 Å². The highest BCUT2D eigenvalue weighted by molar-refractivity contribution is 6.21. The summed E-state index contributed by atoms with van der Waals surface area (Å²) in [4.78, 5) is 15.1. The number of rotatable bonds is 1. The van der Waals surface area contributed by atoms with Gasteiger partial charge in [-0.2, -0.15) is 0 Å². The van der Waals surface area contributed by atoms with Crippen LogP contribution in [0, 0.1) is 0 Å². The number of methoxy groups -OCH3 is 1. The summed E-state index contributed by atoms with van der Waals surface area (Å²) < 4.78 is 7.43. The molecule has 0 fully saturated rings. The quantitative estimate of drug-likeness (QED) is 0.482. The minimum absolute atomic E-state index is 0.00726. The Labute approximate surface area is 148 Å². The molecule has 0 saturated carbocycles. The van der Waals surface area contributed by atoms with Gasteiger partial charge in [0.15, 0.2) is 16.9 Å². The molecule has 5 heteroatoms. The van der Waals surface area contributed by atoms with Crippen LogP contribution >= 0.6 is 0 Å². The summed E-state index contributed by atoms with van der Waals surface area (Å²) >= 11 is 0. The predicted molar refractivity (Wildman–Crippen MR) is 104 cm³/mol. The van der Waals surface area contributed by atoms with Gasteiger partial charge in [-0.3, -0.25) is 4.79 Å². The Kier molecular flexibility index (Phi) is 2.86. The lowest BCUT2D eigenvalue weighted by atomic mass is 10.1. The number of nitrogens with zero attached hydrogens (tertiary/aromatic N) is 1. The van der Waals surface area contributed by atoms with E-state index in [2.05, 4.69) is 9.55 Å². The van der Waals surface area contributed by atoms with E-state index in [0.717, 1.165) is 43.5 Å². The predicted octanol–water partition coefficient (Wildman–Crippen LogP) is 4.04. The summed E-state index contributed by atoms with van der Waals surface area (Å²) in [5.41, 5.74) is 3.10. The molecule has 0 spiro atoms. The lowest BCUT2D eigenvalue weighted by Gasteiger charge is -2.08. The van der Waals surface area contributed by atoms with Crippen molar-refractivity contribution >= 4 is 43.5 Å². The average molecular weight is 344 g/mol. The Hall–Kier alpha value is -3.47. The second-order valence-electron chi connectivity index (χ2n) is 6.53. The lowest BCUT2D eigenvalue weighted by molar-refractivity contribution is 0.374. The molecule has 3 aromatic carbocycles. The van der Waals surface area contributed by atoms with Crippen LogP contribution in [0.5, 0.6) is 11.5 Å². The lowest BCUT2D eigenvalue weighted by Crippen LogP contribution is -1.95. The van der Waals surface area contributed by atoms with Crippen LogP contribution in [0.15, 0.2) is 53.5 Å². The number of aromatic nitrogens is 2. The molecule has 0 unspecified atom stereocenters. The van der Waals surface area contributed by atoms with Crippen LogP contribution in [0.4, 0.5) is 0 Å². The molecule has 128 valence electrons. The van der Waals surface area contributed by atoms with Gasteiger partial charge in [0.2, 0.25) is 0 Å². The van der Waals surface area contributed by atoms with Crippen molar-refractivity contribution in [2.24, 2.45) is 7.05 Å². The molecule has 26 heavy (non-hydrogen) atoms. The third-order valence-corrected chi connectivity index (χ3v) is 5.12. The van der Waals surface area contributed by atoms with Crippen LogP contribution in [0.1, 0.15) is 0 Å². The molecular formula is C21H16N2O3. The van der Waals surface area contributed by atoms with E-state index in [1.54, 1.807) is 25.3 Å². The van der Waals surface area contributed by atoms with Crippen molar-refractivity contribution in [2.45, 2.75) is 0 Å². The Morgan fingerprint density at radius 1 is 0.962 bits per heavy atom. The number of H-pyrrole nitrogens is 1. The van der Waals surface area contributed by atoms with Crippen LogP contribution in [0.3, 0.4) is 0 Å². The molecule has 5 rings (SSSR count). The number of fused-ring (bicyclic) bond motifs is 7. The smallest absolute Gasteiger partial charge is 0.179 e. The third-order valence-electron chi connectivity index (χ3n) is 5.12. The fourth-order valence-electron chi connectivity index (χ4n) is 3.95. The van der Waals surface area contributed by atoms with E-state index in [1.807, 2.05) is 37.5 Å². The van der Waals surface area contributed by atoms with Gasteiger partial charge in [0.1, 0.15) is 0 Å². The largest absolute Gasteiger partial charge is 0.504 e. The van der Waals surface area contributed by atoms with E-state index in [1.165, 1.54) is 0 Å². The molecule has 0 saturated heterocycles. The molecule has 5 aromatic rings. The first-order valence-corrected chi connectivity index (χ1v) is 8.32. The molecule has 0 aliphatic carbocycles. The van der Waals surface area contributed by atoms with Crippen molar-refractivity contribution in [1.82, 2.24) is 9.55 Å².